The molecule has 0 fully saturated rings. The molecule has 3 aliphatic rings. The largest absolute Gasteiger partial charge is 0.318 e. The van der Waals surface area contributed by atoms with E-state index in [1.165, 1.54) is 19.3 Å². The minimum absolute atomic E-state index is 0.460. The maximum Gasteiger partial charge on any atom is 0.0679 e. The zero-order chi connectivity index (χ0) is 15.0. The zero-order valence-electron chi connectivity index (χ0n) is 13.2. The van der Waals surface area contributed by atoms with E-state index in [1.807, 2.05) is 0 Å². The molecule has 0 aromatic heterocycles. The fraction of sp³-hybridized carbons (Fsp3) is 0.667. The fourth-order valence-corrected chi connectivity index (χ4v) is 5.97. The van der Waals surface area contributed by atoms with Crippen molar-refractivity contribution in [1.29, 1.82) is 0 Å². The van der Waals surface area contributed by atoms with Crippen LogP contribution in [0.5, 0.6) is 0 Å². The van der Waals surface area contributed by atoms with E-state index in [0.717, 1.165) is 0 Å². The van der Waals surface area contributed by atoms with E-state index >= 15 is 0 Å². The molecule has 0 aromatic rings. The van der Waals surface area contributed by atoms with Crippen LogP contribution in [0.15, 0.2) is 34.8 Å². The molecule has 0 spiro atoms. The predicted molar refractivity (Wildman–Crippen MR) is 95.4 cm³/mol. The Kier molecular flexibility index (Phi) is 4.63. The SMILES string of the molecule is CC1C2=C(CCC(C)(C)C2)SC1C1C=CC=CC1COS. The lowest BCUT2D eigenvalue weighted by atomic mass is 9.72. The van der Waals surface area contributed by atoms with Gasteiger partial charge in [-0.1, -0.05) is 50.6 Å². The van der Waals surface area contributed by atoms with Crippen LogP contribution < -0.4 is 0 Å². The van der Waals surface area contributed by atoms with Gasteiger partial charge in [0.05, 0.1) is 6.61 Å². The van der Waals surface area contributed by atoms with Gasteiger partial charge in [-0.3, -0.25) is 0 Å². The first kappa shape index (κ1) is 15.8. The Bertz CT molecular complexity index is 489. The summed E-state index contributed by atoms with van der Waals surface area (Å²) in [5, 5.41) is 0.665. The van der Waals surface area contributed by atoms with Crippen LogP contribution in [-0.4, -0.2) is 11.9 Å². The summed E-state index contributed by atoms with van der Waals surface area (Å²) in [6, 6.07) is 0. The van der Waals surface area contributed by atoms with E-state index in [0.29, 0.717) is 35.0 Å². The summed E-state index contributed by atoms with van der Waals surface area (Å²) in [7, 11) is 0. The quantitative estimate of drug-likeness (QED) is 0.548. The molecule has 0 N–H and O–H groups in total. The number of thioether (sulfide) groups is 1. The van der Waals surface area contributed by atoms with Gasteiger partial charge in [0.25, 0.3) is 0 Å². The highest BCUT2D eigenvalue weighted by Crippen LogP contribution is 2.56. The maximum absolute atomic E-state index is 5.14. The lowest BCUT2D eigenvalue weighted by Gasteiger charge is -2.33. The zero-order valence-corrected chi connectivity index (χ0v) is 14.9. The van der Waals surface area contributed by atoms with E-state index in [1.54, 1.807) is 10.5 Å². The molecule has 1 heterocycles. The molecular weight excluding hydrogens is 296 g/mol. The van der Waals surface area contributed by atoms with Crippen molar-refractivity contribution in [2.24, 2.45) is 23.2 Å². The van der Waals surface area contributed by atoms with Crippen LogP contribution in [-0.2, 0) is 4.18 Å². The van der Waals surface area contributed by atoms with Gasteiger partial charge >= 0.3 is 0 Å². The smallest absolute Gasteiger partial charge is 0.0679 e. The van der Waals surface area contributed by atoms with E-state index in [9.17, 15) is 0 Å². The van der Waals surface area contributed by atoms with Gasteiger partial charge in [0.1, 0.15) is 0 Å². The Balaban J connectivity index is 1.77. The Morgan fingerprint density at radius 3 is 2.86 bits per heavy atom. The van der Waals surface area contributed by atoms with Crippen LogP contribution in [0.25, 0.3) is 0 Å². The molecule has 2 aliphatic carbocycles. The number of hydrogen-bond donors (Lipinski definition) is 1. The lowest BCUT2D eigenvalue weighted by molar-refractivity contribution is 0.265. The number of rotatable bonds is 3. The average Bonchev–Trinajstić information content (AvgIpc) is 2.76. The third-order valence-electron chi connectivity index (χ3n) is 5.32. The second kappa shape index (κ2) is 6.17. The highest BCUT2D eigenvalue weighted by Gasteiger charge is 2.42. The van der Waals surface area contributed by atoms with Crippen molar-refractivity contribution in [2.75, 3.05) is 6.61 Å². The van der Waals surface area contributed by atoms with Gasteiger partial charge in [0.15, 0.2) is 0 Å². The third kappa shape index (κ3) is 3.16. The minimum Gasteiger partial charge on any atom is -0.318 e. The van der Waals surface area contributed by atoms with Crippen molar-refractivity contribution in [3.63, 3.8) is 0 Å². The van der Waals surface area contributed by atoms with Crippen molar-refractivity contribution in [3.05, 3.63) is 34.8 Å². The van der Waals surface area contributed by atoms with Gasteiger partial charge in [-0.2, -0.15) is 0 Å². The summed E-state index contributed by atoms with van der Waals surface area (Å²) >= 11 is 6.12. The van der Waals surface area contributed by atoms with Crippen molar-refractivity contribution >= 4 is 24.7 Å². The molecule has 4 atom stereocenters. The molecule has 3 rings (SSSR count). The first-order chi connectivity index (χ1) is 10.0. The summed E-state index contributed by atoms with van der Waals surface area (Å²) in [5.74, 6) is 1.71. The van der Waals surface area contributed by atoms with Crippen LogP contribution in [0.4, 0.5) is 0 Å². The summed E-state index contributed by atoms with van der Waals surface area (Å²) in [4.78, 5) is 1.69. The minimum atomic E-state index is 0.460. The normalized spacial score (nSPS) is 37.9. The molecular formula is C18H26OS2. The Hall–Kier alpha value is -0.120. The molecule has 21 heavy (non-hydrogen) atoms. The van der Waals surface area contributed by atoms with Crippen LogP contribution in [0, 0.1) is 23.2 Å². The van der Waals surface area contributed by atoms with E-state index < -0.39 is 0 Å². The van der Waals surface area contributed by atoms with Crippen molar-refractivity contribution in [2.45, 2.75) is 45.3 Å². The van der Waals surface area contributed by atoms with Crippen LogP contribution in [0.3, 0.4) is 0 Å². The molecule has 0 aromatic carbocycles. The molecule has 0 radical (unpaired) electrons. The van der Waals surface area contributed by atoms with Crippen LogP contribution in [0.2, 0.25) is 0 Å². The maximum atomic E-state index is 5.14. The highest BCUT2D eigenvalue weighted by molar-refractivity contribution is 8.04. The third-order valence-corrected chi connectivity index (χ3v) is 7.21. The van der Waals surface area contributed by atoms with Crippen LogP contribution in [0.1, 0.15) is 40.0 Å². The van der Waals surface area contributed by atoms with Gasteiger partial charge in [0, 0.05) is 11.2 Å². The summed E-state index contributed by atoms with van der Waals surface area (Å²) < 4.78 is 5.14. The van der Waals surface area contributed by atoms with E-state index in [-0.39, 0.29) is 0 Å². The topological polar surface area (TPSA) is 9.23 Å². The van der Waals surface area contributed by atoms with Gasteiger partial charge in [-0.15, -0.1) is 11.8 Å². The highest BCUT2D eigenvalue weighted by atomic mass is 32.2. The number of thiol groups is 1. The first-order valence-corrected chi connectivity index (χ1v) is 9.26. The van der Waals surface area contributed by atoms with Crippen molar-refractivity contribution < 1.29 is 4.18 Å². The molecule has 0 saturated carbocycles. The molecule has 1 nitrogen and oxygen atoms in total. The predicted octanol–water partition coefficient (Wildman–Crippen LogP) is 5.42. The molecule has 0 amide bonds. The lowest BCUT2D eigenvalue weighted by Crippen LogP contribution is -2.30. The monoisotopic (exact) mass is 322 g/mol. The molecule has 3 heteroatoms. The van der Waals surface area contributed by atoms with Gasteiger partial charge in [-0.05, 0) is 54.3 Å². The van der Waals surface area contributed by atoms with Gasteiger partial charge in [0.2, 0.25) is 0 Å². The Morgan fingerprint density at radius 1 is 1.33 bits per heavy atom. The Labute approximate surface area is 138 Å². The Morgan fingerprint density at radius 2 is 2.10 bits per heavy atom. The molecule has 116 valence electrons. The van der Waals surface area contributed by atoms with Gasteiger partial charge in [-0.25, -0.2) is 0 Å². The second-order valence-electron chi connectivity index (χ2n) is 7.47. The van der Waals surface area contributed by atoms with E-state index in [4.69, 9.17) is 4.18 Å². The second-order valence-corrected chi connectivity index (χ2v) is 9.00. The van der Waals surface area contributed by atoms with Crippen molar-refractivity contribution in [3.8, 4) is 0 Å². The summed E-state index contributed by atoms with van der Waals surface area (Å²) in [6.07, 6.45) is 12.9. The average molecular weight is 323 g/mol. The van der Waals surface area contributed by atoms with Crippen LogP contribution >= 0.6 is 24.7 Å². The first-order valence-electron chi connectivity index (χ1n) is 8.02. The van der Waals surface area contributed by atoms with Crippen molar-refractivity contribution in [1.82, 2.24) is 0 Å². The molecule has 4 unspecified atom stereocenters. The number of allylic oxidation sites excluding steroid dienone is 5. The number of hydrogen-bond acceptors (Lipinski definition) is 3. The van der Waals surface area contributed by atoms with E-state index in [2.05, 4.69) is 69.7 Å². The summed E-state index contributed by atoms with van der Waals surface area (Å²) in [6.45, 7) is 7.98. The molecule has 0 bridgehead atoms. The molecule has 1 aliphatic heterocycles. The summed E-state index contributed by atoms with van der Waals surface area (Å²) in [5.41, 5.74) is 2.23. The fourth-order valence-electron chi connectivity index (χ4n) is 4.02. The molecule has 0 saturated heterocycles. The van der Waals surface area contributed by atoms with Gasteiger partial charge < -0.3 is 4.18 Å². The standard InChI is InChI=1S/C18H26OS2/c1-12-15-10-18(2,3)9-8-16(15)21-17(12)14-7-5-4-6-13(14)11-19-20/h4-7,12-14,17,20H,8-11H2,1-3H3.